The number of carbonyl (C=O) groups is 1. The molecule has 1 aromatic carbocycles. The lowest BCUT2D eigenvalue weighted by Crippen LogP contribution is -2.29. The van der Waals surface area contributed by atoms with Gasteiger partial charge in [0.15, 0.2) is 0 Å². The van der Waals surface area contributed by atoms with Crippen LogP contribution >= 0.6 is 0 Å². The summed E-state index contributed by atoms with van der Waals surface area (Å²) >= 11 is 0. The number of hydrogen-bond donors (Lipinski definition) is 0. The zero-order valence-corrected chi connectivity index (χ0v) is 11.5. The molecular weight excluding hydrogens is 240 g/mol. The molecule has 2 rings (SSSR count). The molecule has 1 fully saturated rings. The molecule has 19 heavy (non-hydrogen) atoms. The number of esters is 1. The topological polar surface area (TPSA) is 35.5 Å². The van der Waals surface area contributed by atoms with Gasteiger partial charge in [-0.2, -0.15) is 0 Å². The van der Waals surface area contributed by atoms with Crippen LogP contribution in [0.3, 0.4) is 0 Å². The molecule has 1 aliphatic carbocycles. The normalized spacial score (nSPS) is 23.0. The minimum Gasteiger partial charge on any atom is -0.469 e. The molecule has 3 nitrogen and oxygen atoms in total. The first-order chi connectivity index (χ1) is 9.29. The molecule has 0 amide bonds. The Labute approximate surface area is 114 Å². The first-order valence-corrected chi connectivity index (χ1v) is 7.03. The fourth-order valence-corrected chi connectivity index (χ4v) is 2.67. The molecule has 0 saturated heterocycles. The van der Waals surface area contributed by atoms with Gasteiger partial charge in [0, 0.05) is 0 Å². The summed E-state index contributed by atoms with van der Waals surface area (Å²) in [6.07, 6.45) is 4.99. The smallest absolute Gasteiger partial charge is 0.308 e. The SMILES string of the molecule is COC(=O)C1CCCC(OCCc2ccccc2)C1. The third-order valence-corrected chi connectivity index (χ3v) is 3.75. The molecule has 1 saturated carbocycles. The Bertz CT molecular complexity index is 388. The van der Waals surface area contributed by atoms with Crippen LogP contribution in [0.5, 0.6) is 0 Å². The van der Waals surface area contributed by atoms with Crippen LogP contribution in [-0.2, 0) is 20.7 Å². The first-order valence-electron chi connectivity index (χ1n) is 7.03. The zero-order valence-electron chi connectivity index (χ0n) is 11.5. The lowest BCUT2D eigenvalue weighted by atomic mass is 9.87. The Morgan fingerprint density at radius 1 is 1.26 bits per heavy atom. The Kier molecular flexibility index (Phi) is 5.40. The molecule has 1 aromatic rings. The van der Waals surface area contributed by atoms with E-state index < -0.39 is 0 Å². The second-order valence-corrected chi connectivity index (χ2v) is 5.12. The third-order valence-electron chi connectivity index (χ3n) is 3.75. The molecule has 0 radical (unpaired) electrons. The number of hydrogen-bond acceptors (Lipinski definition) is 3. The Morgan fingerprint density at radius 2 is 2.05 bits per heavy atom. The summed E-state index contributed by atoms with van der Waals surface area (Å²) < 4.78 is 10.7. The van der Waals surface area contributed by atoms with E-state index in [9.17, 15) is 4.79 Å². The molecule has 0 N–H and O–H groups in total. The quantitative estimate of drug-likeness (QED) is 0.765. The van der Waals surface area contributed by atoms with Crippen molar-refractivity contribution in [2.75, 3.05) is 13.7 Å². The standard InChI is InChI=1S/C16H22O3/c1-18-16(17)14-8-5-9-15(12-14)19-11-10-13-6-3-2-4-7-13/h2-4,6-7,14-15H,5,8-12H2,1H3. The van der Waals surface area contributed by atoms with Gasteiger partial charge in [-0.15, -0.1) is 0 Å². The molecule has 0 heterocycles. The van der Waals surface area contributed by atoms with E-state index in [0.29, 0.717) is 0 Å². The molecule has 1 aliphatic rings. The van der Waals surface area contributed by atoms with Crippen molar-refractivity contribution < 1.29 is 14.3 Å². The summed E-state index contributed by atoms with van der Waals surface area (Å²) in [5.74, 6) is -0.0585. The van der Waals surface area contributed by atoms with Gasteiger partial charge in [-0.1, -0.05) is 36.8 Å². The minimum atomic E-state index is -0.0867. The van der Waals surface area contributed by atoms with Crippen LogP contribution in [0.2, 0.25) is 0 Å². The van der Waals surface area contributed by atoms with Gasteiger partial charge in [-0.05, 0) is 31.2 Å². The predicted molar refractivity (Wildman–Crippen MR) is 73.9 cm³/mol. The average Bonchev–Trinajstić information content (AvgIpc) is 2.48. The van der Waals surface area contributed by atoms with Crippen molar-refractivity contribution >= 4 is 5.97 Å². The van der Waals surface area contributed by atoms with Crippen molar-refractivity contribution in [3.63, 3.8) is 0 Å². The van der Waals surface area contributed by atoms with Crippen LogP contribution in [0, 0.1) is 5.92 Å². The molecule has 3 heteroatoms. The van der Waals surface area contributed by atoms with E-state index in [1.807, 2.05) is 18.2 Å². The minimum absolute atomic E-state index is 0.0282. The maximum absolute atomic E-state index is 11.5. The van der Waals surface area contributed by atoms with E-state index in [4.69, 9.17) is 9.47 Å². The lowest BCUT2D eigenvalue weighted by Gasteiger charge is -2.27. The fourth-order valence-electron chi connectivity index (χ4n) is 2.67. The van der Waals surface area contributed by atoms with Gasteiger partial charge in [-0.25, -0.2) is 0 Å². The molecular formula is C16H22O3. The maximum atomic E-state index is 11.5. The van der Waals surface area contributed by atoms with Gasteiger partial charge in [0.05, 0.1) is 25.7 Å². The van der Waals surface area contributed by atoms with Crippen molar-refractivity contribution in [1.82, 2.24) is 0 Å². The molecule has 104 valence electrons. The molecule has 0 spiro atoms. The van der Waals surface area contributed by atoms with Gasteiger partial charge in [0.25, 0.3) is 0 Å². The van der Waals surface area contributed by atoms with Crippen LogP contribution in [0.25, 0.3) is 0 Å². The lowest BCUT2D eigenvalue weighted by molar-refractivity contribution is -0.148. The highest BCUT2D eigenvalue weighted by atomic mass is 16.5. The molecule has 0 aromatic heterocycles. The van der Waals surface area contributed by atoms with Crippen molar-refractivity contribution in [2.24, 2.45) is 5.92 Å². The van der Waals surface area contributed by atoms with Crippen LogP contribution in [0.15, 0.2) is 30.3 Å². The van der Waals surface area contributed by atoms with Crippen molar-refractivity contribution in [3.8, 4) is 0 Å². The highest BCUT2D eigenvalue weighted by Gasteiger charge is 2.28. The van der Waals surface area contributed by atoms with Crippen LogP contribution in [0.1, 0.15) is 31.2 Å². The Balaban J connectivity index is 1.72. The summed E-state index contributed by atoms with van der Waals surface area (Å²) in [6.45, 7) is 0.725. The average molecular weight is 262 g/mol. The van der Waals surface area contributed by atoms with Gasteiger partial charge >= 0.3 is 5.97 Å². The second kappa shape index (κ2) is 7.29. The van der Waals surface area contributed by atoms with E-state index in [2.05, 4.69) is 12.1 Å². The highest BCUT2D eigenvalue weighted by molar-refractivity contribution is 5.72. The van der Waals surface area contributed by atoms with Crippen molar-refractivity contribution in [3.05, 3.63) is 35.9 Å². The highest BCUT2D eigenvalue weighted by Crippen LogP contribution is 2.27. The van der Waals surface area contributed by atoms with E-state index in [1.165, 1.54) is 12.7 Å². The Morgan fingerprint density at radius 3 is 2.79 bits per heavy atom. The van der Waals surface area contributed by atoms with E-state index in [0.717, 1.165) is 38.7 Å². The summed E-state index contributed by atoms with van der Waals surface area (Å²) in [4.78, 5) is 11.5. The van der Waals surface area contributed by atoms with E-state index in [-0.39, 0.29) is 18.0 Å². The largest absolute Gasteiger partial charge is 0.469 e. The number of methoxy groups -OCH3 is 1. The van der Waals surface area contributed by atoms with Crippen molar-refractivity contribution in [1.29, 1.82) is 0 Å². The monoisotopic (exact) mass is 262 g/mol. The maximum Gasteiger partial charge on any atom is 0.308 e. The molecule has 2 unspecified atom stereocenters. The molecule has 2 atom stereocenters. The summed E-state index contributed by atoms with van der Waals surface area (Å²) in [7, 11) is 1.46. The van der Waals surface area contributed by atoms with E-state index in [1.54, 1.807) is 0 Å². The van der Waals surface area contributed by atoms with Gasteiger partial charge < -0.3 is 9.47 Å². The van der Waals surface area contributed by atoms with Crippen molar-refractivity contribution in [2.45, 2.75) is 38.2 Å². The van der Waals surface area contributed by atoms with Crippen LogP contribution in [-0.4, -0.2) is 25.8 Å². The van der Waals surface area contributed by atoms with Crippen LogP contribution in [0.4, 0.5) is 0 Å². The second-order valence-electron chi connectivity index (χ2n) is 5.12. The third kappa shape index (κ3) is 4.35. The summed E-state index contributed by atoms with van der Waals surface area (Å²) in [5.41, 5.74) is 1.29. The zero-order chi connectivity index (χ0) is 13.5. The first kappa shape index (κ1) is 14.1. The summed E-state index contributed by atoms with van der Waals surface area (Å²) in [6, 6.07) is 10.3. The number of ether oxygens (including phenoxy) is 2. The Hall–Kier alpha value is -1.35. The molecule has 0 aliphatic heterocycles. The predicted octanol–water partition coefficient (Wildman–Crippen LogP) is 2.98. The van der Waals surface area contributed by atoms with Gasteiger partial charge in [-0.3, -0.25) is 4.79 Å². The van der Waals surface area contributed by atoms with Gasteiger partial charge in [0.1, 0.15) is 0 Å². The molecule has 0 bridgehead atoms. The fraction of sp³-hybridized carbons (Fsp3) is 0.562. The number of benzene rings is 1. The summed E-state index contributed by atoms with van der Waals surface area (Å²) in [5, 5.41) is 0. The number of rotatable bonds is 5. The number of carbonyl (C=O) groups excluding carboxylic acids is 1. The van der Waals surface area contributed by atoms with Gasteiger partial charge in [0.2, 0.25) is 0 Å². The van der Waals surface area contributed by atoms with Crippen LogP contribution < -0.4 is 0 Å². The van der Waals surface area contributed by atoms with E-state index >= 15 is 0 Å².